The van der Waals surface area contributed by atoms with Crippen LogP contribution < -0.4 is 5.73 Å². The summed E-state index contributed by atoms with van der Waals surface area (Å²) in [6.45, 7) is 3.86. The van der Waals surface area contributed by atoms with E-state index in [9.17, 15) is 19.0 Å². The Bertz CT molecular complexity index is 1060. The zero-order valence-corrected chi connectivity index (χ0v) is 39.7. The minimum Gasteiger partial charge on any atom is -0.480 e. The summed E-state index contributed by atoms with van der Waals surface area (Å²) >= 11 is 0. The molecule has 3 atom stereocenters. The van der Waals surface area contributed by atoms with Gasteiger partial charge in [0.05, 0.1) is 19.8 Å². The maximum Gasteiger partial charge on any atom is 0.472 e. The first-order valence-corrected chi connectivity index (χ1v) is 26.4. The van der Waals surface area contributed by atoms with Gasteiger partial charge in [0.2, 0.25) is 0 Å². The maximum atomic E-state index is 12.6. The maximum absolute atomic E-state index is 12.6. The third kappa shape index (κ3) is 44.5. The Balaban J connectivity index is 4.06. The second-order valence-electron chi connectivity index (χ2n) is 17.0. The molecule has 4 N–H and O–H groups in total. The Kier molecular flexibility index (Phi) is 44.3. The number of carboxylic acid groups (broad SMARTS) is 1. The van der Waals surface area contributed by atoms with Crippen molar-refractivity contribution < 1.29 is 42.7 Å². The zero-order valence-electron chi connectivity index (χ0n) is 38.8. The van der Waals surface area contributed by atoms with E-state index in [4.69, 9.17) is 29.4 Å². The predicted molar refractivity (Wildman–Crippen MR) is 249 cm³/mol. The van der Waals surface area contributed by atoms with Gasteiger partial charge >= 0.3 is 19.8 Å². The molecule has 60 heavy (non-hydrogen) atoms. The third-order valence-electron chi connectivity index (χ3n) is 11.0. The quantitative estimate of drug-likeness (QED) is 0.0233. The van der Waals surface area contributed by atoms with Crippen molar-refractivity contribution in [1.29, 1.82) is 0 Å². The molecule has 0 spiro atoms. The number of rotatable bonds is 48. The number of carboxylic acids is 1. The minimum atomic E-state index is -4.62. The zero-order chi connectivity index (χ0) is 44.0. The fourth-order valence-electron chi connectivity index (χ4n) is 7.09. The van der Waals surface area contributed by atoms with Crippen molar-refractivity contribution in [2.75, 3.05) is 26.4 Å². The molecular formula is C49H94NO9P. The minimum absolute atomic E-state index is 0.0157. The van der Waals surface area contributed by atoms with Crippen LogP contribution in [-0.4, -0.2) is 60.5 Å². The fourth-order valence-corrected chi connectivity index (χ4v) is 7.87. The highest BCUT2D eigenvalue weighted by molar-refractivity contribution is 7.47. The van der Waals surface area contributed by atoms with Crippen LogP contribution in [0.15, 0.2) is 24.3 Å². The molecule has 11 heteroatoms. The molecule has 0 amide bonds. The van der Waals surface area contributed by atoms with Crippen LogP contribution in [0.4, 0.5) is 0 Å². The van der Waals surface area contributed by atoms with Crippen molar-refractivity contribution >= 4 is 19.8 Å². The average Bonchev–Trinajstić information content (AvgIpc) is 3.23. The van der Waals surface area contributed by atoms with E-state index in [0.717, 1.165) is 64.2 Å². The number of nitrogens with two attached hydrogens (primary N) is 1. The van der Waals surface area contributed by atoms with Crippen molar-refractivity contribution in [2.45, 2.75) is 251 Å². The number of hydrogen-bond acceptors (Lipinski definition) is 8. The number of phosphoric ester groups is 1. The normalized spacial score (nSPS) is 13.9. The van der Waals surface area contributed by atoms with Crippen LogP contribution in [-0.2, 0) is 32.7 Å². The molecular weight excluding hydrogens is 778 g/mol. The van der Waals surface area contributed by atoms with Gasteiger partial charge < -0.3 is 25.2 Å². The molecule has 0 aliphatic carbocycles. The van der Waals surface area contributed by atoms with Gasteiger partial charge in [-0.2, -0.15) is 0 Å². The third-order valence-corrected chi connectivity index (χ3v) is 11.9. The molecule has 0 fully saturated rings. The lowest BCUT2D eigenvalue weighted by molar-refractivity contribution is -0.154. The number of esters is 1. The summed E-state index contributed by atoms with van der Waals surface area (Å²) in [4.78, 5) is 33.6. The lowest BCUT2D eigenvalue weighted by Crippen LogP contribution is -2.34. The van der Waals surface area contributed by atoms with Gasteiger partial charge in [0.1, 0.15) is 12.1 Å². The van der Waals surface area contributed by atoms with Crippen molar-refractivity contribution in [3.8, 4) is 0 Å². The van der Waals surface area contributed by atoms with Gasteiger partial charge in [-0.05, 0) is 38.5 Å². The Labute approximate surface area is 368 Å². The van der Waals surface area contributed by atoms with Crippen LogP contribution in [0.1, 0.15) is 239 Å². The van der Waals surface area contributed by atoms with Crippen LogP contribution in [0, 0.1) is 0 Å². The first-order valence-electron chi connectivity index (χ1n) is 24.9. The molecule has 0 aromatic heterocycles. The van der Waals surface area contributed by atoms with E-state index in [1.54, 1.807) is 0 Å². The highest BCUT2D eigenvalue weighted by Crippen LogP contribution is 2.43. The van der Waals surface area contributed by atoms with E-state index >= 15 is 0 Å². The fraction of sp³-hybridized carbons (Fsp3) is 0.878. The van der Waals surface area contributed by atoms with Crippen molar-refractivity contribution in [1.82, 2.24) is 0 Å². The number of hydrogen-bond donors (Lipinski definition) is 3. The van der Waals surface area contributed by atoms with Crippen LogP contribution in [0.25, 0.3) is 0 Å². The van der Waals surface area contributed by atoms with Crippen molar-refractivity contribution in [2.24, 2.45) is 5.73 Å². The molecule has 0 bridgehead atoms. The van der Waals surface area contributed by atoms with Gasteiger partial charge in [-0.3, -0.25) is 18.6 Å². The molecule has 0 aromatic carbocycles. The SMILES string of the molecule is CCCC/C=C\C/C=C\CCCCCCCC(=O)OC(COCCCCCCCCCCCCCCCCCCCCCCCCCC)COP(=O)(O)OCC(N)C(=O)O. The van der Waals surface area contributed by atoms with E-state index in [2.05, 4.69) is 38.2 Å². The molecule has 0 aliphatic heterocycles. The van der Waals surface area contributed by atoms with Gasteiger partial charge in [0.25, 0.3) is 0 Å². The van der Waals surface area contributed by atoms with Crippen LogP contribution >= 0.6 is 7.82 Å². The predicted octanol–water partition coefficient (Wildman–Crippen LogP) is 14.3. The van der Waals surface area contributed by atoms with Crippen molar-refractivity contribution in [3.05, 3.63) is 24.3 Å². The van der Waals surface area contributed by atoms with E-state index in [-0.39, 0.29) is 13.0 Å². The molecule has 3 unspecified atom stereocenters. The largest absolute Gasteiger partial charge is 0.480 e. The topological polar surface area (TPSA) is 155 Å². The summed E-state index contributed by atoms with van der Waals surface area (Å²) in [6, 6.07) is -1.47. The second kappa shape index (κ2) is 45.5. The summed E-state index contributed by atoms with van der Waals surface area (Å²) in [5.41, 5.74) is 5.37. The van der Waals surface area contributed by atoms with Gasteiger partial charge in [-0.1, -0.05) is 218 Å². The summed E-state index contributed by atoms with van der Waals surface area (Å²) < 4.78 is 33.4. The first-order chi connectivity index (χ1) is 29.2. The Morgan fingerprint density at radius 1 is 0.533 bits per heavy atom. The summed E-state index contributed by atoms with van der Waals surface area (Å²) in [5, 5.41) is 8.91. The second-order valence-corrected chi connectivity index (χ2v) is 18.4. The van der Waals surface area contributed by atoms with E-state index in [1.807, 2.05) is 0 Å². The summed E-state index contributed by atoms with van der Waals surface area (Å²) in [6.07, 6.45) is 51.0. The van der Waals surface area contributed by atoms with Gasteiger partial charge in [-0.25, -0.2) is 4.57 Å². The van der Waals surface area contributed by atoms with E-state index in [1.165, 1.54) is 148 Å². The molecule has 354 valence electrons. The number of aliphatic carboxylic acids is 1. The molecule has 0 radical (unpaired) electrons. The average molecular weight is 872 g/mol. The van der Waals surface area contributed by atoms with Gasteiger partial charge in [0.15, 0.2) is 0 Å². The molecule has 0 rings (SSSR count). The molecule has 0 aromatic rings. The monoisotopic (exact) mass is 872 g/mol. The molecule has 10 nitrogen and oxygen atoms in total. The lowest BCUT2D eigenvalue weighted by Gasteiger charge is -2.20. The lowest BCUT2D eigenvalue weighted by atomic mass is 10.0. The Morgan fingerprint density at radius 2 is 0.933 bits per heavy atom. The van der Waals surface area contributed by atoms with Gasteiger partial charge in [-0.15, -0.1) is 0 Å². The van der Waals surface area contributed by atoms with Crippen LogP contribution in [0.5, 0.6) is 0 Å². The smallest absolute Gasteiger partial charge is 0.472 e. The highest BCUT2D eigenvalue weighted by atomic mass is 31.2. The Morgan fingerprint density at radius 3 is 1.40 bits per heavy atom. The standard InChI is InChI=1S/C49H94NO9P/c1-3-5-7-9-11-13-15-17-19-20-21-22-23-24-25-26-27-28-30-32-34-36-38-40-42-56-43-46(44-57-60(54,55)58-45-47(50)49(52)53)59-48(51)41-39-37-35-33-31-29-18-16-14-12-10-8-6-4-2/h10,12,16,18,46-47H,3-9,11,13-15,17,19-45,50H2,1-2H3,(H,52,53)(H,54,55)/b12-10-,18-16-. The number of phosphoric acid groups is 1. The number of allylic oxidation sites excluding steroid dienone is 4. The van der Waals surface area contributed by atoms with Crippen LogP contribution in [0.3, 0.4) is 0 Å². The molecule has 0 heterocycles. The highest BCUT2D eigenvalue weighted by Gasteiger charge is 2.27. The summed E-state index contributed by atoms with van der Waals surface area (Å²) in [5.74, 6) is -1.78. The number of ether oxygens (including phenoxy) is 2. The van der Waals surface area contributed by atoms with Crippen LogP contribution in [0.2, 0.25) is 0 Å². The first kappa shape index (κ1) is 58.5. The number of unbranched alkanes of at least 4 members (excludes halogenated alkanes) is 30. The summed E-state index contributed by atoms with van der Waals surface area (Å²) in [7, 11) is -4.62. The van der Waals surface area contributed by atoms with Gasteiger partial charge in [0, 0.05) is 13.0 Å². The molecule has 0 saturated heterocycles. The van der Waals surface area contributed by atoms with E-state index in [0.29, 0.717) is 13.0 Å². The Hall–Kier alpha value is -1.55. The van der Waals surface area contributed by atoms with E-state index < -0.39 is 45.1 Å². The number of carbonyl (C=O) groups excluding carboxylic acids is 1. The van der Waals surface area contributed by atoms with Crippen molar-refractivity contribution in [3.63, 3.8) is 0 Å². The number of carbonyl (C=O) groups is 2. The molecule has 0 saturated carbocycles. The molecule has 0 aliphatic rings.